The topological polar surface area (TPSA) is 78.4 Å². The van der Waals surface area contributed by atoms with Crippen molar-refractivity contribution in [2.45, 2.75) is 33.2 Å². The molecule has 1 rings (SSSR count). The summed E-state index contributed by atoms with van der Waals surface area (Å²) in [5, 5.41) is 14.2. The summed E-state index contributed by atoms with van der Waals surface area (Å²) >= 11 is 0. The zero-order valence-corrected chi connectivity index (χ0v) is 12.2. The van der Waals surface area contributed by atoms with Gasteiger partial charge in [0.1, 0.15) is 0 Å². The zero-order chi connectivity index (χ0) is 15.3. The second-order valence-corrected chi connectivity index (χ2v) is 5.58. The summed E-state index contributed by atoms with van der Waals surface area (Å²) in [6, 6.07) is 5.06. The van der Waals surface area contributed by atoms with Crippen LogP contribution in [-0.4, -0.2) is 22.6 Å². The average Bonchev–Trinajstić information content (AvgIpc) is 2.27. The molecule has 0 aliphatic heterocycles. The van der Waals surface area contributed by atoms with Gasteiger partial charge in [0.05, 0.1) is 0 Å². The van der Waals surface area contributed by atoms with E-state index in [0.29, 0.717) is 11.3 Å². The number of aliphatic carboxylic acids is 1. The number of carbonyl (C=O) groups excluding carboxylic acids is 1. The Morgan fingerprint density at radius 2 is 1.90 bits per heavy atom. The molecule has 0 radical (unpaired) electrons. The number of carboxylic acids is 1. The van der Waals surface area contributed by atoms with E-state index in [-0.39, 0.29) is 11.6 Å². The molecule has 1 aromatic rings. The van der Waals surface area contributed by atoms with Crippen LogP contribution < -0.4 is 10.6 Å². The third-order valence-electron chi connectivity index (χ3n) is 2.42. The number of aryl methyl sites for hydroxylation is 1. The molecule has 0 fully saturated rings. The van der Waals surface area contributed by atoms with Crippen molar-refractivity contribution in [3.8, 4) is 0 Å². The molecule has 5 heteroatoms. The van der Waals surface area contributed by atoms with E-state index in [0.717, 1.165) is 11.6 Å². The average molecular weight is 276 g/mol. The second-order valence-electron chi connectivity index (χ2n) is 5.58. The van der Waals surface area contributed by atoms with E-state index < -0.39 is 5.97 Å². The van der Waals surface area contributed by atoms with E-state index in [4.69, 9.17) is 5.11 Å². The molecule has 0 bridgehead atoms. The Hall–Kier alpha value is -2.30. The third-order valence-corrected chi connectivity index (χ3v) is 2.42. The fourth-order valence-electron chi connectivity index (χ4n) is 1.54. The molecular weight excluding hydrogens is 256 g/mol. The molecule has 20 heavy (non-hydrogen) atoms. The van der Waals surface area contributed by atoms with Gasteiger partial charge >= 0.3 is 12.0 Å². The van der Waals surface area contributed by atoms with Gasteiger partial charge < -0.3 is 15.7 Å². The summed E-state index contributed by atoms with van der Waals surface area (Å²) in [5.74, 6) is -1.01. The van der Waals surface area contributed by atoms with Crippen molar-refractivity contribution in [2.24, 2.45) is 0 Å². The van der Waals surface area contributed by atoms with E-state index in [1.807, 2.05) is 33.8 Å². The van der Waals surface area contributed by atoms with Gasteiger partial charge in [-0.1, -0.05) is 12.1 Å². The molecule has 0 unspecified atom stereocenters. The lowest BCUT2D eigenvalue weighted by Gasteiger charge is -2.21. The molecule has 108 valence electrons. The number of urea groups is 1. The van der Waals surface area contributed by atoms with Crippen molar-refractivity contribution in [1.82, 2.24) is 5.32 Å². The Kier molecular flexibility index (Phi) is 4.91. The van der Waals surface area contributed by atoms with Gasteiger partial charge in [0, 0.05) is 17.3 Å². The number of nitrogens with one attached hydrogen (secondary N) is 2. The van der Waals surface area contributed by atoms with Gasteiger partial charge in [0.15, 0.2) is 0 Å². The maximum atomic E-state index is 11.8. The number of benzene rings is 1. The van der Waals surface area contributed by atoms with Gasteiger partial charge in [-0.3, -0.25) is 0 Å². The van der Waals surface area contributed by atoms with Crippen molar-refractivity contribution >= 4 is 23.8 Å². The van der Waals surface area contributed by atoms with Crippen LogP contribution in [0.25, 0.3) is 6.08 Å². The normalized spacial score (nSPS) is 11.4. The first kappa shape index (κ1) is 15.8. The number of carbonyl (C=O) groups is 2. The molecule has 3 N–H and O–H groups in total. The molecular formula is C15H20N2O3. The van der Waals surface area contributed by atoms with E-state index in [1.54, 1.807) is 12.1 Å². The number of anilines is 1. The lowest BCUT2D eigenvalue weighted by Crippen LogP contribution is -2.43. The van der Waals surface area contributed by atoms with Crippen molar-refractivity contribution in [2.75, 3.05) is 5.32 Å². The van der Waals surface area contributed by atoms with Crippen LogP contribution >= 0.6 is 0 Å². The summed E-state index contributed by atoms with van der Waals surface area (Å²) in [7, 11) is 0. The van der Waals surface area contributed by atoms with Crippen LogP contribution in [0.15, 0.2) is 24.3 Å². The van der Waals surface area contributed by atoms with Crippen LogP contribution in [0.3, 0.4) is 0 Å². The Morgan fingerprint density at radius 1 is 1.25 bits per heavy atom. The van der Waals surface area contributed by atoms with Crippen LogP contribution in [0.5, 0.6) is 0 Å². The van der Waals surface area contributed by atoms with Gasteiger partial charge in [-0.25, -0.2) is 9.59 Å². The molecule has 0 aliphatic rings. The molecule has 0 aromatic heterocycles. The quantitative estimate of drug-likeness (QED) is 0.742. The smallest absolute Gasteiger partial charge is 0.328 e. The Labute approximate surface area is 118 Å². The van der Waals surface area contributed by atoms with Gasteiger partial charge in [0.25, 0.3) is 0 Å². The minimum absolute atomic E-state index is 0.292. The summed E-state index contributed by atoms with van der Waals surface area (Å²) in [6.45, 7) is 7.56. The van der Waals surface area contributed by atoms with Gasteiger partial charge in [-0.05, 0) is 51.0 Å². The fraction of sp³-hybridized carbons (Fsp3) is 0.333. The summed E-state index contributed by atoms with van der Waals surface area (Å²) in [6.07, 6.45) is 2.54. The number of carboxylic acid groups (broad SMARTS) is 1. The van der Waals surface area contributed by atoms with E-state index >= 15 is 0 Å². The van der Waals surface area contributed by atoms with Gasteiger partial charge in [0.2, 0.25) is 0 Å². The van der Waals surface area contributed by atoms with Crippen LogP contribution in [0.4, 0.5) is 10.5 Å². The molecule has 0 saturated heterocycles. The highest BCUT2D eigenvalue weighted by Crippen LogP contribution is 2.18. The number of amides is 2. The SMILES string of the molecule is Cc1ccc(C=CC(=O)O)cc1NC(=O)NC(C)(C)C. The Balaban J connectivity index is 2.87. The van der Waals surface area contributed by atoms with Crippen molar-refractivity contribution < 1.29 is 14.7 Å². The van der Waals surface area contributed by atoms with Crippen LogP contribution in [0.2, 0.25) is 0 Å². The monoisotopic (exact) mass is 276 g/mol. The first-order chi connectivity index (χ1) is 9.17. The van der Waals surface area contributed by atoms with E-state index in [9.17, 15) is 9.59 Å². The Bertz CT molecular complexity index is 543. The standard InChI is InChI=1S/C15H20N2O3/c1-10-5-6-11(7-8-13(18)19)9-12(10)16-14(20)17-15(2,3)4/h5-9H,1-4H3,(H,18,19)(H2,16,17,20). The summed E-state index contributed by atoms with van der Waals surface area (Å²) in [5.41, 5.74) is 1.95. The second kappa shape index (κ2) is 6.23. The van der Waals surface area contributed by atoms with E-state index in [2.05, 4.69) is 10.6 Å². The minimum Gasteiger partial charge on any atom is -0.478 e. The summed E-state index contributed by atoms with van der Waals surface area (Å²) < 4.78 is 0. The highest BCUT2D eigenvalue weighted by Gasteiger charge is 2.14. The molecule has 2 amide bonds. The first-order valence-corrected chi connectivity index (χ1v) is 6.28. The predicted octanol–water partition coefficient (Wildman–Crippen LogP) is 3.01. The van der Waals surface area contributed by atoms with Crippen LogP contribution in [-0.2, 0) is 4.79 Å². The van der Waals surface area contributed by atoms with Crippen LogP contribution in [0.1, 0.15) is 31.9 Å². The number of hydrogen-bond donors (Lipinski definition) is 3. The van der Waals surface area contributed by atoms with E-state index in [1.165, 1.54) is 6.08 Å². The van der Waals surface area contributed by atoms with Crippen molar-refractivity contribution in [3.63, 3.8) is 0 Å². The molecule has 0 aliphatic carbocycles. The first-order valence-electron chi connectivity index (χ1n) is 6.28. The Morgan fingerprint density at radius 3 is 2.45 bits per heavy atom. The maximum Gasteiger partial charge on any atom is 0.328 e. The van der Waals surface area contributed by atoms with Crippen molar-refractivity contribution in [1.29, 1.82) is 0 Å². The number of rotatable bonds is 3. The molecule has 0 saturated carbocycles. The highest BCUT2D eigenvalue weighted by molar-refractivity contribution is 5.91. The lowest BCUT2D eigenvalue weighted by molar-refractivity contribution is -0.131. The third kappa shape index (κ3) is 5.56. The maximum absolute atomic E-state index is 11.8. The molecule has 0 atom stereocenters. The lowest BCUT2D eigenvalue weighted by atomic mass is 10.1. The molecule has 0 heterocycles. The predicted molar refractivity (Wildman–Crippen MR) is 79.8 cm³/mol. The highest BCUT2D eigenvalue weighted by atomic mass is 16.4. The largest absolute Gasteiger partial charge is 0.478 e. The molecule has 0 spiro atoms. The van der Waals surface area contributed by atoms with Crippen LogP contribution in [0, 0.1) is 6.92 Å². The summed E-state index contributed by atoms with van der Waals surface area (Å²) in [4.78, 5) is 22.3. The van der Waals surface area contributed by atoms with Crippen molar-refractivity contribution in [3.05, 3.63) is 35.4 Å². The fourth-order valence-corrected chi connectivity index (χ4v) is 1.54. The van der Waals surface area contributed by atoms with Gasteiger partial charge in [-0.15, -0.1) is 0 Å². The number of hydrogen-bond acceptors (Lipinski definition) is 2. The zero-order valence-electron chi connectivity index (χ0n) is 12.2. The van der Waals surface area contributed by atoms with Gasteiger partial charge in [-0.2, -0.15) is 0 Å². The minimum atomic E-state index is -1.01. The molecule has 1 aromatic carbocycles. The molecule has 5 nitrogen and oxygen atoms in total.